The van der Waals surface area contributed by atoms with E-state index in [0.29, 0.717) is 0 Å². The first-order valence-corrected chi connectivity index (χ1v) is 8.06. The summed E-state index contributed by atoms with van der Waals surface area (Å²) in [5.74, 6) is 0.964. The third-order valence-corrected chi connectivity index (χ3v) is 4.97. The molecule has 0 fully saturated rings. The average Bonchev–Trinajstić information content (AvgIpc) is 3.00. The molecule has 0 aliphatic carbocycles. The number of thiazole rings is 1. The van der Waals surface area contributed by atoms with Crippen molar-refractivity contribution in [3.8, 4) is 5.75 Å². The van der Waals surface area contributed by atoms with Crippen LogP contribution in [0.3, 0.4) is 0 Å². The fourth-order valence-electron chi connectivity index (χ4n) is 1.94. The monoisotopic (exact) mass is 313 g/mol. The summed E-state index contributed by atoms with van der Waals surface area (Å²) in [6, 6.07) is 4.02. The van der Waals surface area contributed by atoms with E-state index < -0.39 is 6.10 Å². The lowest BCUT2D eigenvalue weighted by molar-refractivity contribution is 0.126. The predicted octanol–water partition coefficient (Wildman–Crippen LogP) is 3.80. The molecule has 19 heavy (non-hydrogen) atoms. The zero-order valence-corrected chi connectivity index (χ0v) is 12.6. The van der Waals surface area contributed by atoms with Gasteiger partial charge in [-0.25, -0.2) is 4.98 Å². The summed E-state index contributed by atoms with van der Waals surface area (Å²) in [6.45, 7) is 2.21. The van der Waals surface area contributed by atoms with Crippen LogP contribution in [0.25, 0.3) is 20.3 Å². The van der Waals surface area contributed by atoms with E-state index in [1.165, 1.54) is 0 Å². The average molecular weight is 314 g/mol. The van der Waals surface area contributed by atoms with Gasteiger partial charge in [0.1, 0.15) is 18.5 Å². The van der Waals surface area contributed by atoms with E-state index in [-0.39, 0.29) is 12.5 Å². The van der Waals surface area contributed by atoms with Gasteiger partial charge in [0.25, 0.3) is 0 Å². The first kappa shape index (κ1) is 13.1. The standard InChI is InChI=1S/C13H12ClNO2S2/c1-7-15-12-11(19-7)4-10(17-6-8(16)5-14)9-2-3-18-13(9)12/h2-4,8,16H,5-6H2,1H3. The molecule has 2 aromatic heterocycles. The second-order valence-corrected chi connectivity index (χ2v) is 6.70. The Morgan fingerprint density at radius 2 is 2.37 bits per heavy atom. The molecule has 0 aliphatic heterocycles. The molecular formula is C13H12ClNO2S2. The molecule has 3 aromatic rings. The number of nitrogens with zero attached hydrogens (tertiary/aromatic N) is 1. The van der Waals surface area contributed by atoms with Gasteiger partial charge in [0.15, 0.2) is 0 Å². The number of alkyl halides is 1. The van der Waals surface area contributed by atoms with E-state index >= 15 is 0 Å². The van der Waals surface area contributed by atoms with Gasteiger partial charge in [-0.05, 0) is 18.4 Å². The molecule has 1 unspecified atom stereocenters. The third-order valence-electron chi connectivity index (χ3n) is 2.78. The van der Waals surface area contributed by atoms with Crippen LogP contribution in [0.4, 0.5) is 0 Å². The summed E-state index contributed by atoms with van der Waals surface area (Å²) in [5, 5.41) is 13.6. The van der Waals surface area contributed by atoms with Crippen LogP contribution < -0.4 is 4.74 Å². The Morgan fingerprint density at radius 1 is 1.53 bits per heavy atom. The quantitative estimate of drug-likeness (QED) is 0.745. The van der Waals surface area contributed by atoms with E-state index in [1.807, 2.05) is 24.4 Å². The van der Waals surface area contributed by atoms with Gasteiger partial charge in [0.05, 0.1) is 25.8 Å². The summed E-state index contributed by atoms with van der Waals surface area (Å²) in [6.07, 6.45) is -0.644. The predicted molar refractivity (Wildman–Crippen MR) is 82.0 cm³/mol. The van der Waals surface area contributed by atoms with Crippen molar-refractivity contribution in [2.45, 2.75) is 13.0 Å². The molecule has 3 nitrogen and oxygen atoms in total. The van der Waals surface area contributed by atoms with Crippen molar-refractivity contribution in [1.82, 2.24) is 4.98 Å². The molecule has 0 bridgehead atoms. The van der Waals surface area contributed by atoms with Gasteiger partial charge in [-0.2, -0.15) is 0 Å². The smallest absolute Gasteiger partial charge is 0.129 e. The van der Waals surface area contributed by atoms with Gasteiger partial charge in [0.2, 0.25) is 0 Å². The Labute approximate surface area is 123 Å². The SMILES string of the molecule is Cc1nc2c(cc(OCC(O)CCl)c3ccsc32)s1. The molecule has 0 spiro atoms. The Morgan fingerprint density at radius 3 is 3.16 bits per heavy atom. The van der Waals surface area contributed by atoms with Crippen molar-refractivity contribution < 1.29 is 9.84 Å². The van der Waals surface area contributed by atoms with Crippen LogP contribution in [0, 0.1) is 6.92 Å². The minimum absolute atomic E-state index is 0.175. The lowest BCUT2D eigenvalue weighted by atomic mass is 10.2. The lowest BCUT2D eigenvalue weighted by Gasteiger charge is -2.10. The minimum Gasteiger partial charge on any atom is -0.490 e. The molecule has 1 N–H and O–H groups in total. The number of aliphatic hydroxyl groups excluding tert-OH is 1. The first-order chi connectivity index (χ1) is 9.19. The van der Waals surface area contributed by atoms with Crippen LogP contribution in [-0.4, -0.2) is 28.7 Å². The Bertz CT molecular complexity index is 722. The molecular weight excluding hydrogens is 302 g/mol. The molecule has 3 rings (SSSR count). The number of hydrogen-bond acceptors (Lipinski definition) is 5. The molecule has 1 atom stereocenters. The highest BCUT2D eigenvalue weighted by molar-refractivity contribution is 7.21. The number of aliphatic hydroxyl groups is 1. The molecule has 1 aromatic carbocycles. The van der Waals surface area contributed by atoms with Gasteiger partial charge in [-0.1, -0.05) is 0 Å². The van der Waals surface area contributed by atoms with E-state index in [9.17, 15) is 5.11 Å². The summed E-state index contributed by atoms with van der Waals surface area (Å²) >= 11 is 8.89. The van der Waals surface area contributed by atoms with E-state index in [1.54, 1.807) is 22.7 Å². The number of aryl methyl sites for hydroxylation is 1. The Balaban J connectivity index is 2.08. The highest BCUT2D eigenvalue weighted by Crippen LogP contribution is 2.38. The van der Waals surface area contributed by atoms with Crippen molar-refractivity contribution in [1.29, 1.82) is 0 Å². The summed E-state index contributed by atoms with van der Waals surface area (Å²) in [4.78, 5) is 4.57. The number of aromatic nitrogens is 1. The number of rotatable bonds is 4. The zero-order valence-electron chi connectivity index (χ0n) is 10.2. The third kappa shape index (κ3) is 2.43. The van der Waals surface area contributed by atoms with Crippen molar-refractivity contribution in [2.75, 3.05) is 12.5 Å². The lowest BCUT2D eigenvalue weighted by Crippen LogP contribution is -2.18. The molecule has 0 radical (unpaired) electrons. The van der Waals surface area contributed by atoms with Crippen LogP contribution in [-0.2, 0) is 0 Å². The maximum absolute atomic E-state index is 9.50. The van der Waals surface area contributed by atoms with Crippen molar-refractivity contribution in [2.24, 2.45) is 0 Å². The normalized spacial score (nSPS) is 13.2. The van der Waals surface area contributed by atoms with Gasteiger partial charge in [0, 0.05) is 11.5 Å². The fourth-order valence-corrected chi connectivity index (χ4v) is 3.86. The molecule has 0 saturated carbocycles. The van der Waals surface area contributed by atoms with E-state index in [4.69, 9.17) is 16.3 Å². The topological polar surface area (TPSA) is 42.4 Å². The zero-order chi connectivity index (χ0) is 13.4. The molecule has 0 amide bonds. The van der Waals surface area contributed by atoms with Crippen molar-refractivity contribution >= 4 is 54.6 Å². The molecule has 0 saturated heterocycles. The molecule has 6 heteroatoms. The second-order valence-electron chi connectivity index (χ2n) is 4.24. The largest absolute Gasteiger partial charge is 0.490 e. The van der Waals surface area contributed by atoms with Crippen LogP contribution in [0.1, 0.15) is 5.01 Å². The Hall–Kier alpha value is -0.880. The first-order valence-electron chi connectivity index (χ1n) is 5.83. The number of thiophene rings is 1. The van der Waals surface area contributed by atoms with E-state index in [0.717, 1.165) is 31.1 Å². The molecule has 0 aliphatic rings. The molecule has 2 heterocycles. The van der Waals surface area contributed by atoms with Crippen LogP contribution in [0.5, 0.6) is 5.75 Å². The fraction of sp³-hybridized carbons (Fsp3) is 0.308. The van der Waals surface area contributed by atoms with Gasteiger partial charge >= 0.3 is 0 Å². The summed E-state index contributed by atoms with van der Waals surface area (Å²) in [7, 11) is 0. The maximum Gasteiger partial charge on any atom is 0.129 e. The highest BCUT2D eigenvalue weighted by Gasteiger charge is 2.13. The summed E-state index contributed by atoms with van der Waals surface area (Å²) in [5.41, 5.74) is 1.04. The van der Waals surface area contributed by atoms with Crippen molar-refractivity contribution in [3.63, 3.8) is 0 Å². The van der Waals surface area contributed by atoms with Crippen molar-refractivity contribution in [3.05, 3.63) is 22.5 Å². The molecule has 100 valence electrons. The number of fused-ring (bicyclic) bond motifs is 3. The van der Waals surface area contributed by atoms with Gasteiger partial charge in [-0.3, -0.25) is 0 Å². The van der Waals surface area contributed by atoms with E-state index in [2.05, 4.69) is 4.98 Å². The number of ether oxygens (including phenoxy) is 1. The number of halogens is 1. The van der Waals surface area contributed by atoms with Crippen LogP contribution in [0.15, 0.2) is 17.5 Å². The number of benzene rings is 1. The van der Waals surface area contributed by atoms with Gasteiger partial charge < -0.3 is 9.84 Å². The van der Waals surface area contributed by atoms with Crippen LogP contribution in [0.2, 0.25) is 0 Å². The van der Waals surface area contributed by atoms with Gasteiger partial charge in [-0.15, -0.1) is 34.3 Å². The number of hydrogen-bond donors (Lipinski definition) is 1. The Kier molecular flexibility index (Phi) is 3.62. The second kappa shape index (κ2) is 5.25. The minimum atomic E-state index is -0.644. The highest BCUT2D eigenvalue weighted by atomic mass is 35.5. The van der Waals surface area contributed by atoms with Crippen LogP contribution >= 0.6 is 34.3 Å². The maximum atomic E-state index is 9.50. The summed E-state index contributed by atoms with van der Waals surface area (Å²) < 4.78 is 7.95.